The standard InChI is InChI=1S/C25H21N3O6S/c29-24(33-17-19-9-3-1-4-10-19)23-21(22-13-7-8-15-26-22)14-16-28(23)35(31,32)27-25(30)34-18-20-11-5-2-6-12-20/h1-16H,17-18H2,(H,27,30). The summed E-state index contributed by atoms with van der Waals surface area (Å²) >= 11 is 0. The molecule has 0 atom stereocenters. The number of hydrogen-bond donors (Lipinski definition) is 1. The van der Waals surface area contributed by atoms with Crippen molar-refractivity contribution < 1.29 is 27.5 Å². The summed E-state index contributed by atoms with van der Waals surface area (Å²) in [5.41, 5.74) is 1.70. The van der Waals surface area contributed by atoms with Crippen LogP contribution in [0.1, 0.15) is 21.6 Å². The van der Waals surface area contributed by atoms with Crippen LogP contribution in [0.5, 0.6) is 0 Å². The molecule has 0 spiro atoms. The van der Waals surface area contributed by atoms with Gasteiger partial charge in [0.2, 0.25) is 0 Å². The van der Waals surface area contributed by atoms with Gasteiger partial charge in [0.1, 0.15) is 13.2 Å². The van der Waals surface area contributed by atoms with E-state index in [0.717, 1.165) is 11.8 Å². The molecule has 4 aromatic rings. The summed E-state index contributed by atoms with van der Waals surface area (Å²) in [6, 6.07) is 24.2. The average molecular weight is 492 g/mol. The van der Waals surface area contributed by atoms with Crippen molar-refractivity contribution in [2.24, 2.45) is 0 Å². The Labute approximate surface area is 202 Å². The van der Waals surface area contributed by atoms with Crippen LogP contribution in [0.4, 0.5) is 4.79 Å². The fourth-order valence-corrected chi connectivity index (χ4v) is 4.24. The maximum atomic E-state index is 13.1. The molecule has 0 saturated heterocycles. The van der Waals surface area contributed by atoms with Crippen molar-refractivity contribution in [2.45, 2.75) is 13.2 Å². The van der Waals surface area contributed by atoms with Crippen LogP contribution in [0.2, 0.25) is 0 Å². The van der Waals surface area contributed by atoms with E-state index in [9.17, 15) is 18.0 Å². The van der Waals surface area contributed by atoms with Crippen LogP contribution in [0.3, 0.4) is 0 Å². The van der Waals surface area contributed by atoms with Crippen LogP contribution in [0.25, 0.3) is 11.3 Å². The van der Waals surface area contributed by atoms with Gasteiger partial charge in [-0.1, -0.05) is 66.7 Å². The smallest absolute Gasteiger partial charge is 0.422 e. The molecule has 35 heavy (non-hydrogen) atoms. The minimum absolute atomic E-state index is 0.0703. The Morgan fingerprint density at radius 3 is 2.00 bits per heavy atom. The Kier molecular flexibility index (Phi) is 7.22. The Morgan fingerprint density at radius 1 is 0.800 bits per heavy atom. The number of aromatic nitrogens is 2. The molecule has 178 valence electrons. The maximum absolute atomic E-state index is 13.1. The predicted octanol–water partition coefficient (Wildman–Crippen LogP) is 3.93. The summed E-state index contributed by atoms with van der Waals surface area (Å²) in [7, 11) is -4.55. The molecule has 0 aliphatic rings. The largest absolute Gasteiger partial charge is 0.456 e. The molecule has 0 aliphatic heterocycles. The molecule has 2 heterocycles. The topological polar surface area (TPSA) is 117 Å². The van der Waals surface area contributed by atoms with Gasteiger partial charge in [0.25, 0.3) is 0 Å². The van der Waals surface area contributed by atoms with Crippen LogP contribution in [0, 0.1) is 0 Å². The lowest BCUT2D eigenvalue weighted by Crippen LogP contribution is -2.36. The van der Waals surface area contributed by atoms with Crippen LogP contribution in [0.15, 0.2) is 97.3 Å². The first-order valence-electron chi connectivity index (χ1n) is 10.5. The van der Waals surface area contributed by atoms with Crippen molar-refractivity contribution in [3.05, 3.63) is 114 Å². The molecule has 0 fully saturated rings. The number of benzene rings is 2. The SMILES string of the molecule is O=C(NS(=O)(=O)n1ccc(-c2ccccn2)c1C(=O)OCc1ccccc1)OCc1ccccc1. The highest BCUT2D eigenvalue weighted by atomic mass is 32.2. The molecule has 0 radical (unpaired) electrons. The first kappa shape index (κ1) is 23.7. The van der Waals surface area contributed by atoms with Crippen molar-refractivity contribution in [3.63, 3.8) is 0 Å². The van der Waals surface area contributed by atoms with E-state index >= 15 is 0 Å². The van der Waals surface area contributed by atoms with Gasteiger partial charge in [0.15, 0.2) is 5.69 Å². The van der Waals surface area contributed by atoms with Crippen LogP contribution in [-0.2, 0) is 32.9 Å². The molecule has 1 amide bonds. The Bertz CT molecular complexity index is 1410. The van der Waals surface area contributed by atoms with E-state index in [2.05, 4.69) is 4.98 Å². The first-order valence-corrected chi connectivity index (χ1v) is 12.0. The van der Waals surface area contributed by atoms with Gasteiger partial charge >= 0.3 is 22.3 Å². The summed E-state index contributed by atoms with van der Waals surface area (Å²) in [6.45, 7) is -0.196. The third kappa shape index (κ3) is 5.92. The molecule has 10 heteroatoms. The molecular formula is C25H21N3O6S. The minimum Gasteiger partial charge on any atom is -0.456 e. The summed E-state index contributed by atoms with van der Waals surface area (Å²) in [5, 5.41) is 0. The van der Waals surface area contributed by atoms with Crippen molar-refractivity contribution in [1.82, 2.24) is 13.7 Å². The van der Waals surface area contributed by atoms with Crippen molar-refractivity contribution in [2.75, 3.05) is 0 Å². The highest BCUT2D eigenvalue weighted by molar-refractivity contribution is 7.88. The summed E-state index contributed by atoms with van der Waals surface area (Å²) in [4.78, 5) is 29.5. The quantitative estimate of drug-likeness (QED) is 0.371. The van der Waals surface area contributed by atoms with Gasteiger partial charge in [-0.2, -0.15) is 8.42 Å². The minimum atomic E-state index is -4.55. The molecule has 1 N–H and O–H groups in total. The lowest BCUT2D eigenvalue weighted by atomic mass is 10.1. The van der Waals surface area contributed by atoms with Gasteiger partial charge in [0.05, 0.1) is 5.69 Å². The number of hydrogen-bond acceptors (Lipinski definition) is 7. The average Bonchev–Trinajstić information content (AvgIpc) is 3.34. The number of nitrogens with zero attached hydrogens (tertiary/aromatic N) is 2. The second-order valence-electron chi connectivity index (χ2n) is 7.32. The lowest BCUT2D eigenvalue weighted by molar-refractivity contribution is 0.0465. The van der Waals surface area contributed by atoms with E-state index in [1.54, 1.807) is 72.8 Å². The molecule has 2 aromatic heterocycles. The van der Waals surface area contributed by atoms with Crippen molar-refractivity contribution in [3.8, 4) is 11.3 Å². The van der Waals surface area contributed by atoms with Gasteiger partial charge < -0.3 is 9.47 Å². The third-order valence-electron chi connectivity index (χ3n) is 4.88. The fraction of sp³-hybridized carbons (Fsp3) is 0.0800. The number of esters is 1. The molecule has 0 unspecified atom stereocenters. The van der Waals surface area contributed by atoms with Gasteiger partial charge in [-0.15, -0.1) is 0 Å². The monoisotopic (exact) mass is 491 g/mol. The van der Waals surface area contributed by atoms with Crippen LogP contribution < -0.4 is 4.72 Å². The molecule has 0 saturated carbocycles. The maximum Gasteiger partial charge on any atom is 0.422 e. The zero-order valence-electron chi connectivity index (χ0n) is 18.4. The van der Waals surface area contributed by atoms with E-state index in [4.69, 9.17) is 9.47 Å². The predicted molar refractivity (Wildman–Crippen MR) is 127 cm³/mol. The van der Waals surface area contributed by atoms with Gasteiger partial charge in [-0.3, -0.25) is 4.98 Å². The zero-order valence-corrected chi connectivity index (χ0v) is 19.2. The fourth-order valence-electron chi connectivity index (χ4n) is 3.24. The molecule has 0 bridgehead atoms. The van der Waals surface area contributed by atoms with E-state index in [1.807, 2.05) is 10.8 Å². The molecule has 2 aromatic carbocycles. The van der Waals surface area contributed by atoms with Crippen LogP contribution in [-0.4, -0.2) is 29.4 Å². The van der Waals surface area contributed by atoms with Crippen LogP contribution >= 0.6 is 0 Å². The molecule has 9 nitrogen and oxygen atoms in total. The second kappa shape index (κ2) is 10.7. The summed E-state index contributed by atoms with van der Waals surface area (Å²) < 4.78 is 38.9. The van der Waals surface area contributed by atoms with E-state index in [0.29, 0.717) is 15.2 Å². The Morgan fingerprint density at radius 2 is 1.40 bits per heavy atom. The number of rotatable bonds is 8. The number of carbonyl (C=O) groups excluding carboxylic acids is 2. The van der Waals surface area contributed by atoms with E-state index in [-0.39, 0.29) is 24.5 Å². The normalized spacial score (nSPS) is 11.0. The van der Waals surface area contributed by atoms with E-state index < -0.39 is 22.3 Å². The van der Waals surface area contributed by atoms with Gasteiger partial charge in [-0.25, -0.2) is 18.3 Å². The number of pyridine rings is 1. The summed E-state index contributed by atoms with van der Waals surface area (Å²) in [6.07, 6.45) is 1.47. The second-order valence-corrected chi connectivity index (χ2v) is 8.87. The van der Waals surface area contributed by atoms with E-state index in [1.165, 1.54) is 12.3 Å². The third-order valence-corrected chi connectivity index (χ3v) is 6.13. The van der Waals surface area contributed by atoms with Gasteiger partial charge in [-0.05, 0) is 29.3 Å². The molecular weight excluding hydrogens is 470 g/mol. The van der Waals surface area contributed by atoms with Crippen molar-refractivity contribution >= 4 is 22.3 Å². The van der Waals surface area contributed by atoms with Crippen molar-refractivity contribution in [1.29, 1.82) is 0 Å². The lowest BCUT2D eigenvalue weighted by Gasteiger charge is -2.13. The zero-order chi connectivity index (χ0) is 24.7. The highest BCUT2D eigenvalue weighted by Crippen LogP contribution is 2.25. The van der Waals surface area contributed by atoms with Gasteiger partial charge in [0, 0.05) is 18.0 Å². The highest BCUT2D eigenvalue weighted by Gasteiger charge is 2.28. The molecule has 4 rings (SSSR count). The number of carbonyl (C=O) groups is 2. The first-order chi connectivity index (χ1) is 16.9. The number of amides is 1. The Balaban J connectivity index is 1.58. The number of nitrogens with one attached hydrogen (secondary N) is 1. The number of ether oxygens (including phenoxy) is 2. The Hall–Kier alpha value is -4.44. The summed E-state index contributed by atoms with van der Waals surface area (Å²) in [5.74, 6) is -0.900. The molecule has 0 aliphatic carbocycles.